The van der Waals surface area contributed by atoms with Gasteiger partial charge in [0, 0.05) is 31.2 Å². The normalized spacial score (nSPS) is 22.0. The number of benzene rings is 2. The molecule has 3 atom stereocenters. The average Bonchev–Trinajstić information content (AvgIpc) is 3.40. The number of rotatable bonds is 8. The fraction of sp³-hybridized carbons (Fsp3) is 0.458. The Kier molecular flexibility index (Phi) is 6.53. The van der Waals surface area contributed by atoms with Gasteiger partial charge in [0.25, 0.3) is 0 Å². The summed E-state index contributed by atoms with van der Waals surface area (Å²) >= 11 is 0. The van der Waals surface area contributed by atoms with E-state index < -0.39 is 10.0 Å². The van der Waals surface area contributed by atoms with Crippen molar-refractivity contribution in [1.82, 2.24) is 4.31 Å². The molecule has 32 heavy (non-hydrogen) atoms. The molecule has 8 heteroatoms. The zero-order valence-electron chi connectivity index (χ0n) is 18.4. The van der Waals surface area contributed by atoms with Crippen LogP contribution in [-0.4, -0.2) is 51.3 Å². The number of hydrogen-bond acceptors (Lipinski definition) is 5. The van der Waals surface area contributed by atoms with Crippen LogP contribution in [0, 0.1) is 11.7 Å². The van der Waals surface area contributed by atoms with Gasteiger partial charge >= 0.3 is 0 Å². The van der Waals surface area contributed by atoms with Crippen molar-refractivity contribution in [3.63, 3.8) is 0 Å². The van der Waals surface area contributed by atoms with Crippen molar-refractivity contribution in [1.29, 1.82) is 0 Å². The van der Waals surface area contributed by atoms with Gasteiger partial charge in [-0.3, -0.25) is 0 Å². The second kappa shape index (κ2) is 9.19. The minimum Gasteiger partial charge on any atom is -0.491 e. The van der Waals surface area contributed by atoms with Crippen molar-refractivity contribution in [2.24, 2.45) is 5.92 Å². The van der Waals surface area contributed by atoms with Crippen LogP contribution in [0.3, 0.4) is 0 Å². The van der Waals surface area contributed by atoms with Gasteiger partial charge < -0.3 is 14.4 Å². The van der Waals surface area contributed by atoms with Crippen molar-refractivity contribution in [2.45, 2.75) is 43.6 Å². The van der Waals surface area contributed by atoms with Gasteiger partial charge in [-0.15, -0.1) is 0 Å². The first-order chi connectivity index (χ1) is 15.3. The third kappa shape index (κ3) is 4.38. The van der Waals surface area contributed by atoms with Crippen molar-refractivity contribution in [3.05, 3.63) is 53.8 Å². The van der Waals surface area contributed by atoms with Crippen molar-refractivity contribution >= 4 is 22.0 Å². The summed E-state index contributed by atoms with van der Waals surface area (Å²) in [5.74, 6) is 0.392. The minimum absolute atomic E-state index is 0.00726. The molecular weight excluding hydrogens is 431 g/mol. The van der Waals surface area contributed by atoms with Crippen molar-refractivity contribution in [2.75, 3.05) is 31.1 Å². The molecule has 2 aliphatic rings. The van der Waals surface area contributed by atoms with Crippen LogP contribution in [0.1, 0.15) is 38.2 Å². The van der Waals surface area contributed by atoms with Crippen LogP contribution < -0.4 is 9.64 Å². The van der Waals surface area contributed by atoms with Gasteiger partial charge in [-0.25, -0.2) is 12.8 Å². The predicted molar refractivity (Wildman–Crippen MR) is 121 cm³/mol. The van der Waals surface area contributed by atoms with Gasteiger partial charge in [-0.05, 0) is 73.7 Å². The van der Waals surface area contributed by atoms with E-state index in [1.807, 2.05) is 18.7 Å². The van der Waals surface area contributed by atoms with E-state index in [0.717, 1.165) is 24.0 Å². The molecule has 0 saturated carbocycles. The molecule has 2 aliphatic heterocycles. The average molecular weight is 461 g/mol. The Bertz CT molecular complexity index is 1070. The lowest BCUT2D eigenvalue weighted by Crippen LogP contribution is -2.31. The van der Waals surface area contributed by atoms with Crippen LogP contribution in [0.15, 0.2) is 47.4 Å². The Morgan fingerprint density at radius 1 is 1.19 bits per heavy atom. The Morgan fingerprint density at radius 3 is 2.62 bits per heavy atom. The summed E-state index contributed by atoms with van der Waals surface area (Å²) in [5, 5.41) is 0. The summed E-state index contributed by atoms with van der Waals surface area (Å²) < 4.78 is 47.7. The number of nitrogens with zero attached hydrogens (tertiary/aromatic N) is 2. The third-order valence-corrected chi connectivity index (χ3v) is 8.45. The van der Waals surface area contributed by atoms with E-state index in [-0.39, 0.29) is 35.2 Å². The Hall–Kier alpha value is -2.45. The first-order valence-corrected chi connectivity index (χ1v) is 12.5. The second-order valence-electron chi connectivity index (χ2n) is 8.60. The summed E-state index contributed by atoms with van der Waals surface area (Å²) in [6.45, 7) is 5.64. The van der Waals surface area contributed by atoms with Crippen LogP contribution >= 0.6 is 0 Å². The second-order valence-corrected chi connectivity index (χ2v) is 10.5. The Labute approximate surface area is 189 Å². The highest BCUT2D eigenvalue weighted by molar-refractivity contribution is 7.89. The largest absolute Gasteiger partial charge is 0.491 e. The molecule has 172 valence electrons. The number of carbonyl (C=O) groups excluding carboxylic acids is 1. The van der Waals surface area contributed by atoms with Gasteiger partial charge in [0.2, 0.25) is 10.0 Å². The highest BCUT2D eigenvalue weighted by atomic mass is 32.2. The number of sulfonamides is 1. The van der Waals surface area contributed by atoms with E-state index in [9.17, 15) is 17.6 Å². The lowest BCUT2D eigenvalue weighted by atomic mass is 9.87. The topological polar surface area (TPSA) is 66.9 Å². The van der Waals surface area contributed by atoms with Gasteiger partial charge in [0.05, 0.1) is 17.5 Å². The summed E-state index contributed by atoms with van der Waals surface area (Å²) in [6.07, 6.45) is 2.47. The van der Waals surface area contributed by atoms with Crippen LogP contribution in [0.25, 0.3) is 0 Å². The van der Waals surface area contributed by atoms with E-state index in [1.54, 1.807) is 30.3 Å². The molecule has 2 heterocycles. The number of hydrogen-bond donors (Lipinski definition) is 0. The van der Waals surface area contributed by atoms with E-state index in [0.29, 0.717) is 31.8 Å². The standard InChI is InChI=1S/C24H29FN2O4S/c1-3-17(2)31-20-5-7-21(8-6-20)32(29,30)27-11-10-18(15-27)23-16-26(12-13-28)24-9-4-19(25)14-22(23)24/h4-9,13-14,17-18,23H,3,10-12,15-16H2,1-2H3/t17-,18?,23?/m0/s1. The molecule has 2 unspecified atom stereocenters. The quantitative estimate of drug-likeness (QED) is 0.561. The maximum absolute atomic E-state index is 14.0. The smallest absolute Gasteiger partial charge is 0.243 e. The SMILES string of the molecule is CC[C@H](C)Oc1ccc(S(=O)(=O)N2CCC(C3CN(CC=O)c4ccc(F)cc43)C2)cc1. The molecular formula is C24H29FN2O4S. The van der Waals surface area contributed by atoms with Gasteiger partial charge in [-0.2, -0.15) is 4.31 Å². The van der Waals surface area contributed by atoms with E-state index in [1.165, 1.54) is 16.4 Å². The van der Waals surface area contributed by atoms with Gasteiger partial charge in [0.15, 0.2) is 0 Å². The zero-order valence-corrected chi connectivity index (χ0v) is 19.2. The third-order valence-electron chi connectivity index (χ3n) is 6.57. The molecule has 1 saturated heterocycles. The molecule has 6 nitrogen and oxygen atoms in total. The molecule has 0 aliphatic carbocycles. The molecule has 0 aromatic heterocycles. The summed E-state index contributed by atoms with van der Waals surface area (Å²) in [5.41, 5.74) is 1.73. The van der Waals surface area contributed by atoms with Crippen LogP contribution in [-0.2, 0) is 14.8 Å². The van der Waals surface area contributed by atoms with Crippen LogP contribution in [0.2, 0.25) is 0 Å². The lowest BCUT2D eigenvalue weighted by Gasteiger charge is -2.21. The van der Waals surface area contributed by atoms with Crippen LogP contribution in [0.5, 0.6) is 5.75 Å². The molecule has 0 bridgehead atoms. The highest BCUT2D eigenvalue weighted by Gasteiger charge is 2.41. The maximum Gasteiger partial charge on any atom is 0.243 e. The fourth-order valence-corrected chi connectivity index (χ4v) is 6.18. The van der Waals surface area contributed by atoms with Gasteiger partial charge in [0.1, 0.15) is 17.9 Å². The Morgan fingerprint density at radius 2 is 1.94 bits per heavy atom. The lowest BCUT2D eigenvalue weighted by molar-refractivity contribution is -0.106. The summed E-state index contributed by atoms with van der Waals surface area (Å²) in [7, 11) is -3.63. The summed E-state index contributed by atoms with van der Waals surface area (Å²) in [4.78, 5) is 13.3. The van der Waals surface area contributed by atoms with E-state index >= 15 is 0 Å². The zero-order chi connectivity index (χ0) is 22.9. The predicted octanol–water partition coefficient (Wildman–Crippen LogP) is 3.82. The van der Waals surface area contributed by atoms with Crippen LogP contribution in [0.4, 0.5) is 10.1 Å². The number of aldehydes is 1. The minimum atomic E-state index is -3.63. The monoisotopic (exact) mass is 460 g/mol. The molecule has 0 N–H and O–H groups in total. The molecule has 0 spiro atoms. The fourth-order valence-electron chi connectivity index (χ4n) is 4.67. The van der Waals surface area contributed by atoms with Crippen molar-refractivity contribution < 1.29 is 22.3 Å². The number of fused-ring (bicyclic) bond motifs is 1. The Balaban J connectivity index is 1.50. The molecule has 0 amide bonds. The first-order valence-electron chi connectivity index (χ1n) is 11.1. The number of halogens is 1. The summed E-state index contributed by atoms with van der Waals surface area (Å²) in [6, 6.07) is 11.2. The molecule has 0 radical (unpaired) electrons. The van der Waals surface area contributed by atoms with Gasteiger partial charge in [-0.1, -0.05) is 6.92 Å². The highest BCUT2D eigenvalue weighted by Crippen LogP contribution is 2.44. The van der Waals surface area contributed by atoms with Crippen molar-refractivity contribution in [3.8, 4) is 5.75 Å². The molecule has 4 rings (SSSR count). The number of carbonyl (C=O) groups is 1. The maximum atomic E-state index is 14.0. The van der Waals surface area contributed by atoms with E-state index in [4.69, 9.17) is 4.74 Å². The molecule has 2 aromatic carbocycles. The number of anilines is 1. The molecule has 1 fully saturated rings. The first kappa shape index (κ1) is 22.7. The molecule has 2 aromatic rings. The number of ether oxygens (including phenoxy) is 1. The van der Waals surface area contributed by atoms with E-state index in [2.05, 4.69) is 0 Å².